The van der Waals surface area contributed by atoms with E-state index in [2.05, 4.69) is 6.92 Å². The molecule has 1 aliphatic carbocycles. The molecule has 0 saturated heterocycles. The van der Waals surface area contributed by atoms with Gasteiger partial charge in [-0.15, -0.1) is 0 Å². The Kier molecular flexibility index (Phi) is 4.43. The number of carboxylic acids is 1. The van der Waals surface area contributed by atoms with Gasteiger partial charge in [-0.05, 0) is 31.1 Å². The molecule has 0 aromatic rings. The van der Waals surface area contributed by atoms with Gasteiger partial charge >= 0.3 is 0 Å². The molecule has 0 heterocycles. The lowest BCUT2D eigenvalue weighted by Crippen LogP contribution is -2.25. The van der Waals surface area contributed by atoms with Gasteiger partial charge in [-0.2, -0.15) is 0 Å². The molecule has 2 heteroatoms. The summed E-state index contributed by atoms with van der Waals surface area (Å²) in [5, 5.41) is 10.5. The second-order valence-corrected chi connectivity index (χ2v) is 4.71. The molecule has 1 saturated carbocycles. The Morgan fingerprint density at radius 1 is 1.21 bits per heavy atom. The number of unbranched alkanes of at least 4 members (excludes halogenated alkanes) is 4. The second-order valence-electron chi connectivity index (χ2n) is 4.71. The van der Waals surface area contributed by atoms with Crippen LogP contribution >= 0.6 is 0 Å². The fraction of sp³-hybridized carbons (Fsp3) is 0.917. The van der Waals surface area contributed by atoms with Gasteiger partial charge in [-0.25, -0.2) is 0 Å². The number of carboxylic acid groups (broad SMARTS) is 1. The molecule has 0 atom stereocenters. The van der Waals surface area contributed by atoms with Gasteiger partial charge in [0.05, 0.1) is 0 Å². The normalized spacial score (nSPS) is 18.1. The molecule has 2 nitrogen and oxygen atoms in total. The van der Waals surface area contributed by atoms with E-state index in [0.29, 0.717) is 6.42 Å². The van der Waals surface area contributed by atoms with Gasteiger partial charge in [0, 0.05) is 5.97 Å². The smallest absolute Gasteiger partial charge is 0.0419 e. The van der Waals surface area contributed by atoms with Gasteiger partial charge in [0.15, 0.2) is 0 Å². The molecule has 1 aliphatic rings. The minimum Gasteiger partial charge on any atom is -0.550 e. The summed E-state index contributed by atoms with van der Waals surface area (Å²) in [5.74, 6) is -0.865. The third-order valence-corrected chi connectivity index (χ3v) is 3.29. The van der Waals surface area contributed by atoms with Crippen molar-refractivity contribution in [2.24, 2.45) is 5.41 Å². The first-order valence-electron chi connectivity index (χ1n) is 5.88. The van der Waals surface area contributed by atoms with Crippen molar-refractivity contribution in [1.82, 2.24) is 0 Å². The molecule has 0 unspecified atom stereocenters. The summed E-state index contributed by atoms with van der Waals surface area (Å²) in [4.78, 5) is 10.5. The molecule has 0 radical (unpaired) electrons. The molecular formula is C12H21O2-. The van der Waals surface area contributed by atoms with Gasteiger partial charge < -0.3 is 9.90 Å². The molecule has 0 aliphatic heterocycles. The van der Waals surface area contributed by atoms with Crippen LogP contribution < -0.4 is 5.11 Å². The summed E-state index contributed by atoms with van der Waals surface area (Å²) >= 11 is 0. The average Bonchev–Trinajstić information content (AvgIpc) is 2.84. The lowest BCUT2D eigenvalue weighted by Gasteiger charge is -2.15. The van der Waals surface area contributed by atoms with Crippen molar-refractivity contribution in [3.05, 3.63) is 0 Å². The highest BCUT2D eigenvalue weighted by Gasteiger charge is 2.41. The van der Waals surface area contributed by atoms with Gasteiger partial charge in [-0.1, -0.05) is 39.0 Å². The largest absolute Gasteiger partial charge is 0.550 e. The molecule has 0 aromatic carbocycles. The van der Waals surface area contributed by atoms with Crippen LogP contribution in [0.2, 0.25) is 0 Å². The van der Waals surface area contributed by atoms with Crippen LogP contribution in [0, 0.1) is 5.41 Å². The minimum atomic E-state index is -0.865. The predicted octanol–water partition coefficient (Wildman–Crippen LogP) is 2.27. The van der Waals surface area contributed by atoms with Crippen LogP contribution in [0.3, 0.4) is 0 Å². The Morgan fingerprint density at radius 3 is 2.36 bits per heavy atom. The number of aliphatic carboxylic acids is 1. The number of hydrogen-bond acceptors (Lipinski definition) is 2. The van der Waals surface area contributed by atoms with E-state index in [0.717, 1.165) is 19.3 Å². The van der Waals surface area contributed by atoms with Gasteiger partial charge in [0.2, 0.25) is 0 Å². The van der Waals surface area contributed by atoms with E-state index >= 15 is 0 Å². The molecule has 0 N–H and O–H groups in total. The monoisotopic (exact) mass is 197 g/mol. The van der Waals surface area contributed by atoms with Crippen molar-refractivity contribution in [1.29, 1.82) is 0 Å². The Labute approximate surface area is 86.7 Å². The third-order valence-electron chi connectivity index (χ3n) is 3.29. The van der Waals surface area contributed by atoms with E-state index in [9.17, 15) is 9.90 Å². The summed E-state index contributed by atoms with van der Waals surface area (Å²) in [6, 6.07) is 0. The molecule has 0 aromatic heterocycles. The molecule has 0 amide bonds. The van der Waals surface area contributed by atoms with Gasteiger partial charge in [-0.3, -0.25) is 0 Å². The lowest BCUT2D eigenvalue weighted by atomic mass is 9.94. The summed E-state index contributed by atoms with van der Waals surface area (Å²) in [6.45, 7) is 2.21. The van der Waals surface area contributed by atoms with Crippen LogP contribution in [0.25, 0.3) is 0 Å². The highest BCUT2D eigenvalue weighted by Crippen LogP contribution is 2.52. The first kappa shape index (κ1) is 11.5. The molecular weight excluding hydrogens is 176 g/mol. The second kappa shape index (κ2) is 5.38. The van der Waals surface area contributed by atoms with Crippen molar-refractivity contribution in [2.45, 2.75) is 64.7 Å². The van der Waals surface area contributed by atoms with E-state index in [1.54, 1.807) is 0 Å². The maximum atomic E-state index is 10.5. The molecule has 82 valence electrons. The number of hydrogen-bond donors (Lipinski definition) is 0. The van der Waals surface area contributed by atoms with Crippen LogP contribution in [0.4, 0.5) is 0 Å². The van der Waals surface area contributed by atoms with E-state index in [-0.39, 0.29) is 5.41 Å². The first-order chi connectivity index (χ1) is 6.68. The van der Waals surface area contributed by atoms with Crippen LogP contribution in [-0.2, 0) is 4.79 Å². The van der Waals surface area contributed by atoms with Gasteiger partial charge in [0.1, 0.15) is 0 Å². The first-order valence-corrected chi connectivity index (χ1v) is 5.88. The SMILES string of the molecule is CCCCCCCC1(CC(=O)[O-])CC1. The van der Waals surface area contributed by atoms with E-state index in [1.807, 2.05) is 0 Å². The fourth-order valence-electron chi connectivity index (χ4n) is 2.10. The maximum absolute atomic E-state index is 10.5. The molecule has 0 bridgehead atoms. The Balaban J connectivity index is 2.03. The molecule has 0 spiro atoms. The Hall–Kier alpha value is -0.530. The van der Waals surface area contributed by atoms with E-state index in [4.69, 9.17) is 0 Å². The molecule has 14 heavy (non-hydrogen) atoms. The topological polar surface area (TPSA) is 40.1 Å². The zero-order chi connectivity index (χ0) is 10.4. The highest BCUT2D eigenvalue weighted by molar-refractivity contribution is 5.65. The average molecular weight is 197 g/mol. The maximum Gasteiger partial charge on any atom is 0.0419 e. The highest BCUT2D eigenvalue weighted by atomic mass is 16.4. The zero-order valence-corrected chi connectivity index (χ0v) is 9.18. The Morgan fingerprint density at radius 2 is 1.86 bits per heavy atom. The number of rotatable bonds is 8. The van der Waals surface area contributed by atoms with E-state index in [1.165, 1.54) is 32.1 Å². The summed E-state index contributed by atoms with van der Waals surface area (Å²) in [6.07, 6.45) is 9.96. The van der Waals surface area contributed by atoms with Crippen molar-refractivity contribution >= 4 is 5.97 Å². The van der Waals surface area contributed by atoms with Crippen LogP contribution in [-0.4, -0.2) is 5.97 Å². The number of carbonyl (C=O) groups is 1. The van der Waals surface area contributed by atoms with Crippen LogP contribution in [0.5, 0.6) is 0 Å². The standard InChI is InChI=1S/C12H22O2/c1-2-3-4-5-6-7-12(8-9-12)10-11(13)14/h2-10H2,1H3,(H,13,14)/p-1. The minimum absolute atomic E-state index is 0.158. The quantitative estimate of drug-likeness (QED) is 0.560. The summed E-state index contributed by atoms with van der Waals surface area (Å²) in [7, 11) is 0. The molecule has 1 rings (SSSR count). The third kappa shape index (κ3) is 4.12. The molecule has 1 fully saturated rings. The zero-order valence-electron chi connectivity index (χ0n) is 9.18. The van der Waals surface area contributed by atoms with Crippen molar-refractivity contribution in [3.63, 3.8) is 0 Å². The Bertz CT molecular complexity index is 183. The predicted molar refractivity (Wildman–Crippen MR) is 54.7 cm³/mol. The summed E-state index contributed by atoms with van der Waals surface area (Å²) < 4.78 is 0. The fourth-order valence-corrected chi connectivity index (χ4v) is 2.10. The number of carbonyl (C=O) groups excluding carboxylic acids is 1. The van der Waals surface area contributed by atoms with Gasteiger partial charge in [0.25, 0.3) is 0 Å². The van der Waals surface area contributed by atoms with Crippen LogP contribution in [0.15, 0.2) is 0 Å². The summed E-state index contributed by atoms with van der Waals surface area (Å²) in [5.41, 5.74) is 0.158. The van der Waals surface area contributed by atoms with Crippen molar-refractivity contribution < 1.29 is 9.90 Å². The van der Waals surface area contributed by atoms with Crippen molar-refractivity contribution in [2.75, 3.05) is 0 Å². The van der Waals surface area contributed by atoms with E-state index < -0.39 is 5.97 Å². The lowest BCUT2D eigenvalue weighted by molar-refractivity contribution is -0.307. The van der Waals surface area contributed by atoms with Crippen molar-refractivity contribution in [3.8, 4) is 0 Å². The van der Waals surface area contributed by atoms with Crippen LogP contribution in [0.1, 0.15) is 64.7 Å².